The highest BCUT2D eigenvalue weighted by Gasteiger charge is 2.18. The molecule has 106 valence electrons. The lowest BCUT2D eigenvalue weighted by Gasteiger charge is -2.06. The monoisotopic (exact) mass is 272 g/mol. The normalized spacial score (nSPS) is 10.6. The molecular formula is C11H16N2O6. The van der Waals surface area contributed by atoms with Crippen LogP contribution in [0.5, 0.6) is 0 Å². The van der Waals surface area contributed by atoms with Gasteiger partial charge in [-0.2, -0.15) is 0 Å². The molecule has 0 spiro atoms. The number of carboxylic acid groups (broad SMARTS) is 1. The second kappa shape index (κ2) is 7.49. The predicted octanol–water partition coefficient (Wildman–Crippen LogP) is 1.15. The van der Waals surface area contributed by atoms with E-state index in [1.807, 2.05) is 0 Å². The van der Waals surface area contributed by atoms with Gasteiger partial charge in [0.2, 0.25) is 0 Å². The van der Waals surface area contributed by atoms with Crippen molar-refractivity contribution >= 4 is 11.7 Å². The molecule has 0 fully saturated rings. The quantitative estimate of drug-likeness (QED) is 0.411. The van der Waals surface area contributed by atoms with Gasteiger partial charge >= 0.3 is 5.97 Å². The van der Waals surface area contributed by atoms with E-state index >= 15 is 0 Å². The molecule has 1 N–H and O–H groups in total. The largest absolute Gasteiger partial charge is 0.477 e. The maximum atomic E-state index is 10.9. The highest BCUT2D eigenvalue weighted by atomic mass is 16.6. The Morgan fingerprint density at radius 2 is 2.21 bits per heavy atom. The molecule has 1 heterocycles. The molecule has 0 bridgehead atoms. The molecule has 0 aliphatic carbocycles. The molecule has 0 saturated carbocycles. The number of ether oxygens (including phenoxy) is 2. The zero-order valence-electron chi connectivity index (χ0n) is 10.6. The zero-order chi connectivity index (χ0) is 14.3. The van der Waals surface area contributed by atoms with Crippen LogP contribution in [-0.4, -0.2) is 47.5 Å². The fourth-order valence-electron chi connectivity index (χ4n) is 1.54. The van der Waals surface area contributed by atoms with Gasteiger partial charge in [0.15, 0.2) is 0 Å². The van der Waals surface area contributed by atoms with Gasteiger partial charge < -0.3 is 19.1 Å². The third-order valence-corrected chi connectivity index (χ3v) is 2.43. The van der Waals surface area contributed by atoms with Crippen LogP contribution in [0.1, 0.15) is 16.9 Å². The van der Waals surface area contributed by atoms with Crippen LogP contribution in [0.15, 0.2) is 12.3 Å². The summed E-state index contributed by atoms with van der Waals surface area (Å²) in [6.07, 6.45) is 1.79. The minimum atomic E-state index is -1.19. The number of methoxy groups -OCH3 is 1. The van der Waals surface area contributed by atoms with E-state index in [-0.39, 0.29) is 11.4 Å². The maximum absolute atomic E-state index is 10.9. The van der Waals surface area contributed by atoms with Gasteiger partial charge in [-0.05, 0) is 6.42 Å². The first-order valence-corrected chi connectivity index (χ1v) is 5.70. The second-order valence-electron chi connectivity index (χ2n) is 3.80. The van der Waals surface area contributed by atoms with E-state index in [9.17, 15) is 14.9 Å². The van der Waals surface area contributed by atoms with Crippen molar-refractivity contribution in [1.82, 2.24) is 4.57 Å². The maximum Gasteiger partial charge on any atom is 0.352 e. The Hall–Kier alpha value is -1.93. The number of aryl methyl sites for hydroxylation is 1. The molecular weight excluding hydrogens is 256 g/mol. The van der Waals surface area contributed by atoms with Crippen LogP contribution < -0.4 is 0 Å². The average molecular weight is 272 g/mol. The van der Waals surface area contributed by atoms with Crippen LogP contribution in [-0.2, 0) is 16.0 Å². The zero-order valence-corrected chi connectivity index (χ0v) is 10.6. The van der Waals surface area contributed by atoms with Gasteiger partial charge in [0, 0.05) is 26.3 Å². The minimum Gasteiger partial charge on any atom is -0.477 e. The van der Waals surface area contributed by atoms with Crippen LogP contribution in [0.25, 0.3) is 0 Å². The topological polar surface area (TPSA) is 104 Å². The molecule has 0 saturated heterocycles. The third-order valence-electron chi connectivity index (χ3n) is 2.43. The minimum absolute atomic E-state index is 0.0939. The van der Waals surface area contributed by atoms with E-state index in [0.29, 0.717) is 32.8 Å². The third kappa shape index (κ3) is 4.68. The lowest BCUT2D eigenvalue weighted by Crippen LogP contribution is -2.10. The Labute approximate surface area is 109 Å². The number of carboxylic acids is 1. The molecule has 0 aromatic carbocycles. The summed E-state index contributed by atoms with van der Waals surface area (Å²) in [5.41, 5.74) is -0.318. The van der Waals surface area contributed by atoms with Crippen molar-refractivity contribution in [2.75, 3.05) is 26.9 Å². The van der Waals surface area contributed by atoms with Crippen molar-refractivity contribution in [3.63, 3.8) is 0 Å². The van der Waals surface area contributed by atoms with Gasteiger partial charge in [0.1, 0.15) is 5.69 Å². The van der Waals surface area contributed by atoms with Crippen LogP contribution in [0.3, 0.4) is 0 Å². The van der Waals surface area contributed by atoms with E-state index in [4.69, 9.17) is 14.6 Å². The molecule has 0 unspecified atom stereocenters. The summed E-state index contributed by atoms with van der Waals surface area (Å²) in [5.74, 6) is -1.19. The number of aromatic nitrogens is 1. The van der Waals surface area contributed by atoms with E-state index in [1.165, 1.54) is 10.8 Å². The number of hydrogen-bond acceptors (Lipinski definition) is 5. The fraction of sp³-hybridized carbons (Fsp3) is 0.545. The van der Waals surface area contributed by atoms with Crippen molar-refractivity contribution in [2.24, 2.45) is 0 Å². The standard InChI is InChI=1S/C11H16N2O6/c1-18-5-6-19-4-2-3-12-8-9(13(16)17)7-10(12)11(14)15/h7-8H,2-6H2,1H3,(H,14,15). The Morgan fingerprint density at radius 1 is 1.47 bits per heavy atom. The molecule has 1 rings (SSSR count). The van der Waals surface area contributed by atoms with Crippen molar-refractivity contribution in [3.05, 3.63) is 28.1 Å². The van der Waals surface area contributed by atoms with Crippen molar-refractivity contribution in [3.8, 4) is 0 Å². The lowest BCUT2D eigenvalue weighted by atomic mass is 10.4. The van der Waals surface area contributed by atoms with Crippen molar-refractivity contribution in [2.45, 2.75) is 13.0 Å². The Balaban J connectivity index is 2.52. The Kier molecular flexibility index (Phi) is 5.97. The first-order chi connectivity index (χ1) is 9.06. The Bertz CT molecular complexity index is 442. The van der Waals surface area contributed by atoms with Crippen LogP contribution in [0, 0.1) is 10.1 Å². The molecule has 0 atom stereocenters. The van der Waals surface area contributed by atoms with Crippen molar-refractivity contribution < 1.29 is 24.3 Å². The van der Waals surface area contributed by atoms with Gasteiger partial charge in [-0.3, -0.25) is 10.1 Å². The number of nitro groups is 1. The molecule has 19 heavy (non-hydrogen) atoms. The number of carbonyl (C=O) groups is 1. The molecule has 1 aromatic heterocycles. The average Bonchev–Trinajstić information content (AvgIpc) is 2.78. The highest BCUT2D eigenvalue weighted by Crippen LogP contribution is 2.16. The number of hydrogen-bond donors (Lipinski definition) is 1. The summed E-state index contributed by atoms with van der Waals surface area (Å²) < 4.78 is 11.4. The molecule has 0 aliphatic heterocycles. The van der Waals surface area contributed by atoms with Gasteiger partial charge in [0.25, 0.3) is 5.69 Å². The van der Waals surface area contributed by atoms with E-state index in [2.05, 4.69) is 0 Å². The van der Waals surface area contributed by atoms with Crippen LogP contribution >= 0.6 is 0 Å². The molecule has 0 amide bonds. The molecule has 8 nitrogen and oxygen atoms in total. The first-order valence-electron chi connectivity index (χ1n) is 5.70. The van der Waals surface area contributed by atoms with Gasteiger partial charge in [-0.1, -0.05) is 0 Å². The van der Waals surface area contributed by atoms with E-state index in [0.717, 1.165) is 6.07 Å². The smallest absolute Gasteiger partial charge is 0.352 e. The molecule has 0 radical (unpaired) electrons. The SMILES string of the molecule is COCCOCCCn1cc([N+](=O)[O-])cc1C(=O)O. The summed E-state index contributed by atoms with van der Waals surface area (Å²) in [4.78, 5) is 20.9. The highest BCUT2D eigenvalue weighted by molar-refractivity contribution is 5.86. The molecule has 1 aromatic rings. The summed E-state index contributed by atoms with van der Waals surface area (Å²) >= 11 is 0. The number of aromatic carboxylic acids is 1. The lowest BCUT2D eigenvalue weighted by molar-refractivity contribution is -0.384. The predicted molar refractivity (Wildman–Crippen MR) is 65.4 cm³/mol. The van der Waals surface area contributed by atoms with Gasteiger partial charge in [-0.15, -0.1) is 0 Å². The van der Waals surface area contributed by atoms with Crippen LogP contribution in [0.4, 0.5) is 5.69 Å². The van der Waals surface area contributed by atoms with Gasteiger partial charge in [-0.25, -0.2) is 4.79 Å². The summed E-state index contributed by atoms with van der Waals surface area (Å²) in [6, 6.07) is 1.05. The number of nitrogens with zero attached hydrogens (tertiary/aromatic N) is 2. The van der Waals surface area contributed by atoms with Crippen LogP contribution in [0.2, 0.25) is 0 Å². The Morgan fingerprint density at radius 3 is 2.79 bits per heavy atom. The summed E-state index contributed by atoms with van der Waals surface area (Å²) in [5, 5.41) is 19.5. The van der Waals surface area contributed by atoms with E-state index in [1.54, 1.807) is 7.11 Å². The first kappa shape index (κ1) is 15.1. The molecule has 8 heteroatoms. The van der Waals surface area contributed by atoms with Crippen molar-refractivity contribution in [1.29, 1.82) is 0 Å². The van der Waals surface area contributed by atoms with E-state index < -0.39 is 10.9 Å². The fourth-order valence-corrected chi connectivity index (χ4v) is 1.54. The number of rotatable bonds is 9. The summed E-state index contributed by atoms with van der Waals surface area (Å²) in [7, 11) is 1.57. The summed E-state index contributed by atoms with van der Waals surface area (Å²) in [6.45, 7) is 1.75. The van der Waals surface area contributed by atoms with Gasteiger partial charge in [0.05, 0.1) is 24.3 Å². The molecule has 0 aliphatic rings. The second-order valence-corrected chi connectivity index (χ2v) is 3.80.